The molecule has 4 nitrogen and oxygen atoms in total. The molecule has 0 saturated carbocycles. The minimum atomic E-state index is -0.00486. The average molecular weight is 250 g/mol. The highest BCUT2D eigenvalue weighted by molar-refractivity contribution is 4.87. The number of epoxide rings is 1. The van der Waals surface area contributed by atoms with Gasteiger partial charge in [-0.1, -0.05) is 13.3 Å². The van der Waals surface area contributed by atoms with E-state index in [0.29, 0.717) is 26.1 Å². The molecule has 1 aliphatic heterocycles. The lowest BCUT2D eigenvalue weighted by atomic mass is 9.76. The second kappa shape index (κ2) is 8.08. The molecule has 1 rings (SSSR count). The van der Waals surface area contributed by atoms with Crippen molar-refractivity contribution in [3.63, 3.8) is 0 Å². The molecule has 0 aromatic heterocycles. The molecule has 18 heavy (non-hydrogen) atoms. The number of hydrogen-bond acceptors (Lipinski definition) is 4. The van der Waals surface area contributed by atoms with Crippen LogP contribution < -0.4 is 0 Å². The van der Waals surface area contributed by atoms with Crippen LogP contribution in [0.25, 0.3) is 0 Å². The van der Waals surface area contributed by atoms with Crippen molar-refractivity contribution in [3.8, 4) is 12.1 Å². The summed E-state index contributed by atoms with van der Waals surface area (Å²) in [5.41, 5.74) is -0.00486. The lowest BCUT2D eigenvalue weighted by molar-refractivity contribution is 0.0209. The smallest absolute Gasteiger partial charge is 0.104 e. The Morgan fingerprint density at radius 3 is 2.28 bits per heavy atom. The zero-order valence-electron chi connectivity index (χ0n) is 11.2. The van der Waals surface area contributed by atoms with Gasteiger partial charge in [0.15, 0.2) is 0 Å². The van der Waals surface area contributed by atoms with Crippen molar-refractivity contribution in [1.82, 2.24) is 0 Å². The Morgan fingerprint density at radius 2 is 1.83 bits per heavy atom. The summed E-state index contributed by atoms with van der Waals surface area (Å²) in [5, 5.41) is 17.5. The van der Waals surface area contributed by atoms with E-state index >= 15 is 0 Å². The summed E-state index contributed by atoms with van der Waals surface area (Å²) in [4.78, 5) is 0. The van der Waals surface area contributed by atoms with Crippen LogP contribution in [0.5, 0.6) is 0 Å². The molecule has 1 heterocycles. The van der Waals surface area contributed by atoms with Crippen molar-refractivity contribution in [2.45, 2.75) is 51.6 Å². The van der Waals surface area contributed by atoms with Crippen LogP contribution in [0.1, 0.15) is 45.4 Å². The zero-order chi connectivity index (χ0) is 13.3. The number of rotatable bonds is 10. The van der Waals surface area contributed by atoms with E-state index in [2.05, 4.69) is 19.1 Å². The van der Waals surface area contributed by atoms with E-state index in [1.165, 1.54) is 0 Å². The third kappa shape index (κ3) is 5.49. The summed E-state index contributed by atoms with van der Waals surface area (Å²) in [5.74, 6) is 0. The molecular weight excluding hydrogens is 228 g/mol. The summed E-state index contributed by atoms with van der Waals surface area (Å²) >= 11 is 0. The molecule has 0 aliphatic carbocycles. The Kier molecular flexibility index (Phi) is 6.72. The first-order valence-corrected chi connectivity index (χ1v) is 6.69. The summed E-state index contributed by atoms with van der Waals surface area (Å²) in [6.07, 6.45) is 5.07. The van der Waals surface area contributed by atoms with Gasteiger partial charge in [0.05, 0.1) is 32.0 Å². The zero-order valence-corrected chi connectivity index (χ0v) is 11.2. The monoisotopic (exact) mass is 250 g/mol. The van der Waals surface area contributed by atoms with Gasteiger partial charge < -0.3 is 9.47 Å². The molecular formula is C14H22N2O2. The first-order valence-electron chi connectivity index (χ1n) is 6.69. The molecule has 0 aromatic carbocycles. The van der Waals surface area contributed by atoms with Crippen LogP contribution in [-0.4, -0.2) is 25.9 Å². The van der Waals surface area contributed by atoms with Gasteiger partial charge in [-0.15, -0.1) is 0 Å². The van der Waals surface area contributed by atoms with Gasteiger partial charge in [0.25, 0.3) is 0 Å². The van der Waals surface area contributed by atoms with Gasteiger partial charge in [-0.3, -0.25) is 0 Å². The van der Waals surface area contributed by atoms with E-state index < -0.39 is 0 Å². The normalized spacial score (nSPS) is 18.1. The maximum Gasteiger partial charge on any atom is 0.104 e. The Balaban J connectivity index is 2.48. The number of ether oxygens (including phenoxy) is 2. The van der Waals surface area contributed by atoms with Crippen LogP contribution in [-0.2, 0) is 9.47 Å². The number of nitriles is 2. The van der Waals surface area contributed by atoms with Gasteiger partial charge in [0, 0.05) is 12.8 Å². The van der Waals surface area contributed by atoms with Crippen molar-refractivity contribution in [1.29, 1.82) is 10.5 Å². The standard InChI is InChI=1S/C14H22N2O2/c1-2-5-14(6-3-8-15,7-4-9-16)12-17-10-13-11-18-13/h13H,2-7,10-12H2,1H3. The third-order valence-corrected chi connectivity index (χ3v) is 3.43. The molecule has 0 radical (unpaired) electrons. The SMILES string of the molecule is CCCC(CCC#N)(CCC#N)COCC1CO1. The molecule has 4 heteroatoms. The predicted molar refractivity (Wildman–Crippen MR) is 67.6 cm³/mol. The summed E-state index contributed by atoms with van der Waals surface area (Å²) in [6, 6.07) is 4.41. The first kappa shape index (κ1) is 15.0. The van der Waals surface area contributed by atoms with E-state index in [1.54, 1.807) is 0 Å². The summed E-state index contributed by atoms with van der Waals surface area (Å²) in [7, 11) is 0. The van der Waals surface area contributed by atoms with Gasteiger partial charge in [-0.05, 0) is 24.7 Å². The minimum absolute atomic E-state index is 0.00486. The maximum atomic E-state index is 8.77. The van der Waals surface area contributed by atoms with Gasteiger partial charge in [-0.2, -0.15) is 10.5 Å². The summed E-state index contributed by atoms with van der Waals surface area (Å²) in [6.45, 7) is 4.23. The van der Waals surface area contributed by atoms with E-state index in [1.807, 2.05) is 0 Å². The quantitative estimate of drug-likeness (QED) is 0.559. The van der Waals surface area contributed by atoms with Gasteiger partial charge in [-0.25, -0.2) is 0 Å². The van der Waals surface area contributed by atoms with Crippen molar-refractivity contribution in [2.24, 2.45) is 5.41 Å². The number of nitrogens with zero attached hydrogens (tertiary/aromatic N) is 2. The second-order valence-corrected chi connectivity index (χ2v) is 5.04. The average Bonchev–Trinajstić information content (AvgIpc) is 3.18. The van der Waals surface area contributed by atoms with Crippen LogP contribution in [0.15, 0.2) is 0 Å². The topological polar surface area (TPSA) is 69.3 Å². The molecule has 0 N–H and O–H groups in total. The molecule has 1 saturated heterocycles. The molecule has 1 fully saturated rings. The predicted octanol–water partition coefficient (Wildman–Crippen LogP) is 2.80. The molecule has 0 amide bonds. The lowest BCUT2D eigenvalue weighted by Crippen LogP contribution is -2.28. The van der Waals surface area contributed by atoms with E-state index in [4.69, 9.17) is 20.0 Å². The fourth-order valence-corrected chi connectivity index (χ4v) is 2.34. The first-order chi connectivity index (χ1) is 8.76. The van der Waals surface area contributed by atoms with Crippen LogP contribution in [0.4, 0.5) is 0 Å². The van der Waals surface area contributed by atoms with Gasteiger partial charge in [0.2, 0.25) is 0 Å². The highest BCUT2D eigenvalue weighted by atomic mass is 16.6. The number of hydrogen-bond donors (Lipinski definition) is 0. The minimum Gasteiger partial charge on any atom is -0.378 e. The Labute approximate surface area is 109 Å². The fraction of sp³-hybridized carbons (Fsp3) is 0.857. The van der Waals surface area contributed by atoms with E-state index in [-0.39, 0.29) is 11.5 Å². The van der Waals surface area contributed by atoms with Crippen molar-refractivity contribution < 1.29 is 9.47 Å². The summed E-state index contributed by atoms with van der Waals surface area (Å²) < 4.78 is 10.8. The van der Waals surface area contributed by atoms with Gasteiger partial charge >= 0.3 is 0 Å². The van der Waals surface area contributed by atoms with Gasteiger partial charge in [0.1, 0.15) is 6.10 Å². The van der Waals surface area contributed by atoms with Crippen molar-refractivity contribution in [2.75, 3.05) is 19.8 Å². The molecule has 100 valence electrons. The highest BCUT2D eigenvalue weighted by Gasteiger charge is 2.30. The largest absolute Gasteiger partial charge is 0.378 e. The van der Waals surface area contributed by atoms with Crippen molar-refractivity contribution >= 4 is 0 Å². The van der Waals surface area contributed by atoms with Crippen LogP contribution in [0, 0.1) is 28.1 Å². The fourth-order valence-electron chi connectivity index (χ4n) is 2.34. The molecule has 1 aliphatic rings. The van der Waals surface area contributed by atoms with Crippen LogP contribution >= 0.6 is 0 Å². The maximum absolute atomic E-state index is 8.77. The molecule has 0 aromatic rings. The second-order valence-electron chi connectivity index (χ2n) is 5.04. The molecule has 0 bridgehead atoms. The van der Waals surface area contributed by atoms with Crippen LogP contribution in [0.3, 0.4) is 0 Å². The highest BCUT2D eigenvalue weighted by Crippen LogP contribution is 2.35. The Bertz CT molecular complexity index is 295. The van der Waals surface area contributed by atoms with Crippen molar-refractivity contribution in [3.05, 3.63) is 0 Å². The Morgan fingerprint density at radius 1 is 1.22 bits per heavy atom. The molecule has 1 unspecified atom stereocenters. The van der Waals surface area contributed by atoms with E-state index in [0.717, 1.165) is 32.3 Å². The van der Waals surface area contributed by atoms with E-state index in [9.17, 15) is 0 Å². The lowest BCUT2D eigenvalue weighted by Gasteiger charge is -2.32. The van der Waals surface area contributed by atoms with Crippen LogP contribution in [0.2, 0.25) is 0 Å². The Hall–Kier alpha value is -1.10. The molecule has 0 spiro atoms. The molecule has 1 atom stereocenters. The third-order valence-electron chi connectivity index (χ3n) is 3.43.